The third-order valence-electron chi connectivity index (χ3n) is 3.33. The van der Waals surface area contributed by atoms with Gasteiger partial charge >= 0.3 is 0 Å². The lowest BCUT2D eigenvalue weighted by molar-refractivity contribution is 0.554. The Labute approximate surface area is 110 Å². The molecule has 0 fully saturated rings. The lowest BCUT2D eigenvalue weighted by atomic mass is 9.91. The zero-order chi connectivity index (χ0) is 12.5. The largest absolute Gasteiger partial charge is 0.330 e. The molecule has 1 atom stereocenters. The molecule has 1 aliphatic rings. The topological polar surface area (TPSA) is 64.7 Å². The van der Waals surface area contributed by atoms with E-state index in [1.165, 1.54) is 17.0 Å². The number of thiazole rings is 1. The van der Waals surface area contributed by atoms with E-state index >= 15 is 0 Å². The minimum atomic E-state index is 0.421. The second-order valence-corrected chi connectivity index (χ2v) is 5.82. The Morgan fingerprint density at radius 2 is 2.17 bits per heavy atom. The SMILES string of the molecule is Cc1cnc(-c2nc3c(s2)CCCC3CN)nc1. The first-order chi connectivity index (χ1) is 8.78. The highest BCUT2D eigenvalue weighted by molar-refractivity contribution is 7.15. The van der Waals surface area contributed by atoms with Gasteiger partial charge in [0, 0.05) is 29.7 Å². The maximum absolute atomic E-state index is 5.82. The van der Waals surface area contributed by atoms with Crippen molar-refractivity contribution in [1.29, 1.82) is 0 Å². The van der Waals surface area contributed by atoms with Crippen LogP contribution < -0.4 is 5.73 Å². The van der Waals surface area contributed by atoms with Crippen molar-refractivity contribution < 1.29 is 0 Å². The Bertz CT molecular complexity index is 547. The summed E-state index contributed by atoms with van der Waals surface area (Å²) in [6.45, 7) is 2.67. The molecule has 0 radical (unpaired) electrons. The van der Waals surface area contributed by atoms with Crippen LogP contribution in [0.4, 0.5) is 0 Å². The molecule has 0 aromatic carbocycles. The summed E-state index contributed by atoms with van der Waals surface area (Å²) in [5.74, 6) is 1.15. The van der Waals surface area contributed by atoms with Gasteiger partial charge in [-0.3, -0.25) is 0 Å². The zero-order valence-electron chi connectivity index (χ0n) is 10.4. The first-order valence-electron chi connectivity index (χ1n) is 6.26. The van der Waals surface area contributed by atoms with Crippen LogP contribution in [0.15, 0.2) is 12.4 Å². The van der Waals surface area contributed by atoms with Gasteiger partial charge in [0.15, 0.2) is 10.8 Å². The lowest BCUT2D eigenvalue weighted by Gasteiger charge is -2.18. The van der Waals surface area contributed by atoms with Crippen molar-refractivity contribution in [3.63, 3.8) is 0 Å². The molecule has 3 rings (SSSR count). The molecule has 1 aliphatic carbocycles. The standard InChI is InChI=1S/C13H16N4S/c1-8-6-15-12(16-7-8)13-17-11-9(5-14)3-2-4-10(11)18-13/h6-7,9H,2-5,14H2,1H3. The number of aryl methyl sites for hydroxylation is 2. The Morgan fingerprint density at radius 1 is 1.39 bits per heavy atom. The van der Waals surface area contributed by atoms with Crippen molar-refractivity contribution in [2.45, 2.75) is 32.1 Å². The Hall–Kier alpha value is -1.33. The highest BCUT2D eigenvalue weighted by Crippen LogP contribution is 2.36. The van der Waals surface area contributed by atoms with Crippen molar-refractivity contribution in [1.82, 2.24) is 15.0 Å². The molecular weight excluding hydrogens is 244 g/mol. The van der Waals surface area contributed by atoms with Gasteiger partial charge in [0.1, 0.15) is 0 Å². The molecule has 2 heterocycles. The van der Waals surface area contributed by atoms with Gasteiger partial charge in [0.2, 0.25) is 0 Å². The molecule has 4 nitrogen and oxygen atoms in total. The predicted molar refractivity (Wildman–Crippen MR) is 72.6 cm³/mol. The summed E-state index contributed by atoms with van der Waals surface area (Å²) in [5.41, 5.74) is 8.08. The van der Waals surface area contributed by atoms with Gasteiger partial charge in [-0.05, 0) is 31.7 Å². The van der Waals surface area contributed by atoms with Crippen LogP contribution in [0.25, 0.3) is 10.8 Å². The van der Waals surface area contributed by atoms with E-state index in [-0.39, 0.29) is 0 Å². The minimum absolute atomic E-state index is 0.421. The van der Waals surface area contributed by atoms with E-state index in [1.807, 2.05) is 19.3 Å². The number of nitrogens with zero attached hydrogens (tertiary/aromatic N) is 3. The Kier molecular flexibility index (Phi) is 3.09. The van der Waals surface area contributed by atoms with E-state index in [4.69, 9.17) is 10.7 Å². The third-order valence-corrected chi connectivity index (χ3v) is 4.45. The monoisotopic (exact) mass is 260 g/mol. The van der Waals surface area contributed by atoms with Gasteiger partial charge in [-0.1, -0.05) is 0 Å². The fourth-order valence-corrected chi connectivity index (χ4v) is 3.47. The van der Waals surface area contributed by atoms with E-state index in [0.717, 1.165) is 29.2 Å². The van der Waals surface area contributed by atoms with Crippen LogP contribution in [0.3, 0.4) is 0 Å². The highest BCUT2D eigenvalue weighted by Gasteiger charge is 2.24. The minimum Gasteiger partial charge on any atom is -0.330 e. The summed E-state index contributed by atoms with van der Waals surface area (Å²) >= 11 is 1.72. The first kappa shape index (κ1) is 11.7. The van der Waals surface area contributed by atoms with E-state index in [1.54, 1.807) is 11.3 Å². The molecule has 2 N–H and O–H groups in total. The summed E-state index contributed by atoms with van der Waals surface area (Å²) in [4.78, 5) is 14.8. The van der Waals surface area contributed by atoms with Gasteiger partial charge < -0.3 is 5.73 Å². The van der Waals surface area contributed by atoms with Crippen LogP contribution in [-0.4, -0.2) is 21.5 Å². The molecule has 18 heavy (non-hydrogen) atoms. The molecule has 94 valence electrons. The van der Waals surface area contributed by atoms with E-state index in [2.05, 4.69) is 9.97 Å². The number of hydrogen-bond donors (Lipinski definition) is 1. The molecule has 0 saturated heterocycles. The molecule has 0 aliphatic heterocycles. The molecule has 1 unspecified atom stereocenters. The molecule has 0 spiro atoms. The normalized spacial score (nSPS) is 18.7. The summed E-state index contributed by atoms with van der Waals surface area (Å²) in [6.07, 6.45) is 7.16. The predicted octanol–water partition coefficient (Wildman–Crippen LogP) is 2.29. The molecular formula is C13H16N4S. The second-order valence-electron chi connectivity index (χ2n) is 4.74. The highest BCUT2D eigenvalue weighted by atomic mass is 32.1. The summed E-state index contributed by atoms with van der Waals surface area (Å²) in [6, 6.07) is 0. The molecule has 0 amide bonds. The second kappa shape index (κ2) is 4.74. The molecule has 0 saturated carbocycles. The van der Waals surface area contributed by atoms with Crippen LogP contribution in [0.5, 0.6) is 0 Å². The average Bonchev–Trinajstić information content (AvgIpc) is 2.83. The molecule has 0 bridgehead atoms. The van der Waals surface area contributed by atoms with Crippen molar-refractivity contribution in [2.24, 2.45) is 5.73 Å². The van der Waals surface area contributed by atoms with Gasteiger partial charge in [-0.15, -0.1) is 11.3 Å². The van der Waals surface area contributed by atoms with Crippen LogP contribution in [0.2, 0.25) is 0 Å². The van der Waals surface area contributed by atoms with Crippen molar-refractivity contribution in [3.8, 4) is 10.8 Å². The Morgan fingerprint density at radius 3 is 2.89 bits per heavy atom. The fraction of sp³-hybridized carbons (Fsp3) is 0.462. The van der Waals surface area contributed by atoms with Gasteiger partial charge in [-0.2, -0.15) is 0 Å². The first-order valence-corrected chi connectivity index (χ1v) is 7.08. The number of aromatic nitrogens is 3. The summed E-state index contributed by atoms with van der Waals surface area (Å²) in [7, 11) is 0. The number of fused-ring (bicyclic) bond motifs is 1. The molecule has 2 aromatic heterocycles. The number of rotatable bonds is 2. The molecule has 2 aromatic rings. The van der Waals surface area contributed by atoms with Crippen molar-refractivity contribution in [2.75, 3.05) is 6.54 Å². The quantitative estimate of drug-likeness (QED) is 0.899. The van der Waals surface area contributed by atoms with Crippen LogP contribution in [-0.2, 0) is 6.42 Å². The number of nitrogens with two attached hydrogens (primary N) is 1. The van der Waals surface area contributed by atoms with Gasteiger partial charge in [0.05, 0.1) is 5.69 Å². The lowest BCUT2D eigenvalue weighted by Crippen LogP contribution is -2.17. The van der Waals surface area contributed by atoms with Crippen LogP contribution >= 0.6 is 11.3 Å². The van der Waals surface area contributed by atoms with E-state index < -0.39 is 0 Å². The maximum atomic E-state index is 5.82. The van der Waals surface area contributed by atoms with Crippen LogP contribution in [0, 0.1) is 6.92 Å². The van der Waals surface area contributed by atoms with Crippen LogP contribution in [0.1, 0.15) is 34.9 Å². The average molecular weight is 260 g/mol. The summed E-state index contributed by atoms with van der Waals surface area (Å²) < 4.78 is 0. The van der Waals surface area contributed by atoms with Gasteiger partial charge in [-0.25, -0.2) is 15.0 Å². The number of hydrogen-bond acceptors (Lipinski definition) is 5. The zero-order valence-corrected chi connectivity index (χ0v) is 11.2. The Balaban J connectivity index is 1.99. The van der Waals surface area contributed by atoms with E-state index in [0.29, 0.717) is 12.5 Å². The summed E-state index contributed by atoms with van der Waals surface area (Å²) in [5, 5.41) is 0.931. The smallest absolute Gasteiger partial charge is 0.188 e. The fourth-order valence-electron chi connectivity index (χ4n) is 2.34. The maximum Gasteiger partial charge on any atom is 0.188 e. The van der Waals surface area contributed by atoms with Crippen molar-refractivity contribution >= 4 is 11.3 Å². The van der Waals surface area contributed by atoms with Crippen molar-refractivity contribution in [3.05, 3.63) is 28.5 Å². The van der Waals surface area contributed by atoms with E-state index in [9.17, 15) is 0 Å². The third kappa shape index (κ3) is 2.04. The molecule has 5 heteroatoms. The van der Waals surface area contributed by atoms with Gasteiger partial charge in [0.25, 0.3) is 0 Å².